The molecule has 1 atom stereocenters. The first-order valence-electron chi connectivity index (χ1n) is 9.14. The normalized spacial score (nSPS) is 12.8. The maximum atomic E-state index is 13.0. The summed E-state index contributed by atoms with van der Waals surface area (Å²) < 4.78 is 41.7. The summed E-state index contributed by atoms with van der Waals surface area (Å²) in [6.45, 7) is 5.24. The Morgan fingerprint density at radius 1 is 1.07 bits per heavy atom. The molecule has 0 radical (unpaired) electrons. The van der Waals surface area contributed by atoms with E-state index < -0.39 is 29.6 Å². The van der Waals surface area contributed by atoms with Crippen LogP contribution in [-0.2, 0) is 12.7 Å². The van der Waals surface area contributed by atoms with E-state index in [1.165, 1.54) is 6.20 Å². The molecule has 0 N–H and O–H groups in total. The number of Topliss-reactive ketones (excluding diaryl/α,β-unsaturated/α-hetero) is 1. The van der Waals surface area contributed by atoms with E-state index in [9.17, 15) is 22.8 Å². The van der Waals surface area contributed by atoms with Crippen molar-refractivity contribution < 1.29 is 18.0 Å². The number of aromatic nitrogens is 2. The van der Waals surface area contributed by atoms with E-state index in [-0.39, 0.29) is 6.04 Å². The molecule has 0 saturated carbocycles. The minimum absolute atomic E-state index is 0.0194. The van der Waals surface area contributed by atoms with Gasteiger partial charge in [-0.1, -0.05) is 30.3 Å². The van der Waals surface area contributed by atoms with E-state index in [1.807, 2.05) is 48.7 Å². The number of ketones is 1. The SMILES string of the molecule is Cc1cc(C(=O)Cn2cccc(C(F)(F)F)c2=O)c(C)n1[C@H](C)c1ccccc1. The van der Waals surface area contributed by atoms with Gasteiger partial charge in [0.15, 0.2) is 5.78 Å². The number of hydrogen-bond donors (Lipinski definition) is 0. The van der Waals surface area contributed by atoms with Crippen LogP contribution < -0.4 is 5.56 Å². The van der Waals surface area contributed by atoms with Crippen molar-refractivity contribution in [3.05, 3.63) is 93.2 Å². The zero-order chi connectivity index (χ0) is 21.3. The van der Waals surface area contributed by atoms with Crippen molar-refractivity contribution in [1.29, 1.82) is 0 Å². The number of alkyl halides is 3. The maximum absolute atomic E-state index is 13.0. The zero-order valence-electron chi connectivity index (χ0n) is 16.3. The lowest BCUT2D eigenvalue weighted by molar-refractivity contribution is -0.138. The highest BCUT2D eigenvalue weighted by Crippen LogP contribution is 2.27. The van der Waals surface area contributed by atoms with Crippen molar-refractivity contribution in [2.75, 3.05) is 0 Å². The molecule has 0 aliphatic carbocycles. The molecule has 3 rings (SSSR count). The number of carbonyl (C=O) groups excluding carboxylic acids is 1. The summed E-state index contributed by atoms with van der Waals surface area (Å²) in [5.41, 5.74) is 0.537. The number of benzene rings is 1. The highest BCUT2D eigenvalue weighted by molar-refractivity contribution is 5.97. The predicted molar refractivity (Wildman–Crippen MR) is 104 cm³/mol. The number of hydrogen-bond acceptors (Lipinski definition) is 2. The molecule has 29 heavy (non-hydrogen) atoms. The van der Waals surface area contributed by atoms with E-state index in [0.717, 1.165) is 28.0 Å². The van der Waals surface area contributed by atoms with Gasteiger partial charge in [-0.25, -0.2) is 0 Å². The second-order valence-electron chi connectivity index (χ2n) is 7.02. The summed E-state index contributed by atoms with van der Waals surface area (Å²) in [7, 11) is 0. The van der Waals surface area contributed by atoms with Gasteiger partial charge in [-0.3, -0.25) is 9.59 Å². The average molecular weight is 402 g/mol. The molecular weight excluding hydrogens is 381 g/mol. The monoisotopic (exact) mass is 402 g/mol. The third kappa shape index (κ3) is 4.04. The van der Waals surface area contributed by atoms with Gasteiger partial charge in [0, 0.05) is 23.1 Å². The van der Waals surface area contributed by atoms with E-state index in [2.05, 4.69) is 0 Å². The highest BCUT2D eigenvalue weighted by atomic mass is 19.4. The molecule has 0 saturated heterocycles. The van der Waals surface area contributed by atoms with E-state index in [4.69, 9.17) is 0 Å². The summed E-state index contributed by atoms with van der Waals surface area (Å²) in [5.74, 6) is -0.411. The van der Waals surface area contributed by atoms with Crippen molar-refractivity contribution in [3.8, 4) is 0 Å². The first-order valence-corrected chi connectivity index (χ1v) is 9.14. The van der Waals surface area contributed by atoms with Crippen LogP contribution in [0.1, 0.15) is 45.8 Å². The molecule has 7 heteroatoms. The second kappa shape index (κ2) is 7.73. The van der Waals surface area contributed by atoms with Crippen LogP contribution in [-0.4, -0.2) is 14.9 Å². The molecule has 3 aromatic rings. The molecule has 1 aromatic carbocycles. The molecule has 0 bridgehead atoms. The molecular formula is C22H21F3N2O2. The van der Waals surface area contributed by atoms with Gasteiger partial charge in [-0.15, -0.1) is 0 Å². The molecule has 0 fully saturated rings. The van der Waals surface area contributed by atoms with Crippen molar-refractivity contribution in [1.82, 2.24) is 9.13 Å². The van der Waals surface area contributed by atoms with Gasteiger partial charge < -0.3 is 9.13 Å². The Morgan fingerprint density at radius 2 is 1.72 bits per heavy atom. The van der Waals surface area contributed by atoms with Crippen LogP contribution >= 0.6 is 0 Å². The van der Waals surface area contributed by atoms with Gasteiger partial charge >= 0.3 is 6.18 Å². The Kier molecular flexibility index (Phi) is 5.50. The lowest BCUT2D eigenvalue weighted by Crippen LogP contribution is -2.30. The maximum Gasteiger partial charge on any atom is 0.421 e. The van der Waals surface area contributed by atoms with Gasteiger partial charge in [0.1, 0.15) is 5.56 Å². The first-order chi connectivity index (χ1) is 13.6. The predicted octanol–water partition coefficient (Wildman–Crippen LogP) is 4.78. The molecule has 152 valence electrons. The number of carbonyl (C=O) groups is 1. The minimum Gasteiger partial charge on any atom is -0.341 e. The molecule has 0 spiro atoms. The number of rotatable bonds is 5. The Balaban J connectivity index is 1.93. The lowest BCUT2D eigenvalue weighted by Gasteiger charge is -2.19. The third-order valence-electron chi connectivity index (χ3n) is 5.09. The van der Waals surface area contributed by atoms with Crippen LogP contribution in [0.15, 0.2) is 59.5 Å². The second-order valence-corrected chi connectivity index (χ2v) is 7.02. The van der Waals surface area contributed by atoms with E-state index in [1.54, 1.807) is 13.0 Å². The smallest absolute Gasteiger partial charge is 0.341 e. The standard InChI is InChI=1S/C22H21F3N2O2/c1-14-12-18(16(3)27(14)15(2)17-8-5-4-6-9-17)20(28)13-26-11-7-10-19(21(26)29)22(23,24)25/h4-12,15H,13H2,1-3H3/t15-/m1/s1. The number of nitrogens with zero attached hydrogens (tertiary/aromatic N) is 2. The summed E-state index contributed by atoms with van der Waals surface area (Å²) in [4.78, 5) is 24.9. The first kappa shape index (κ1) is 20.6. The molecule has 0 aliphatic heterocycles. The molecule has 2 heterocycles. The van der Waals surface area contributed by atoms with Crippen molar-refractivity contribution >= 4 is 5.78 Å². The van der Waals surface area contributed by atoms with Crippen LogP contribution in [0, 0.1) is 13.8 Å². The fourth-order valence-corrected chi connectivity index (χ4v) is 3.65. The number of pyridine rings is 1. The van der Waals surface area contributed by atoms with Crippen molar-refractivity contribution in [2.24, 2.45) is 0 Å². The highest BCUT2D eigenvalue weighted by Gasteiger charge is 2.34. The van der Waals surface area contributed by atoms with Crippen LogP contribution in [0.5, 0.6) is 0 Å². The Morgan fingerprint density at radius 3 is 2.34 bits per heavy atom. The third-order valence-corrected chi connectivity index (χ3v) is 5.09. The molecule has 0 amide bonds. The molecule has 0 unspecified atom stereocenters. The van der Waals surface area contributed by atoms with Gasteiger partial charge in [0.2, 0.25) is 0 Å². The minimum atomic E-state index is -4.76. The largest absolute Gasteiger partial charge is 0.421 e. The van der Waals surface area contributed by atoms with Crippen LogP contribution in [0.2, 0.25) is 0 Å². The molecule has 4 nitrogen and oxygen atoms in total. The Bertz CT molecular complexity index is 1100. The van der Waals surface area contributed by atoms with Crippen LogP contribution in [0.3, 0.4) is 0 Å². The number of halogens is 3. The number of aryl methyl sites for hydroxylation is 1. The Labute approximate surface area is 166 Å². The van der Waals surface area contributed by atoms with Crippen LogP contribution in [0.25, 0.3) is 0 Å². The fourth-order valence-electron chi connectivity index (χ4n) is 3.65. The van der Waals surface area contributed by atoms with Crippen molar-refractivity contribution in [3.63, 3.8) is 0 Å². The van der Waals surface area contributed by atoms with Crippen LogP contribution in [0.4, 0.5) is 13.2 Å². The van der Waals surface area contributed by atoms with Gasteiger partial charge in [-0.2, -0.15) is 13.2 Å². The van der Waals surface area contributed by atoms with Gasteiger partial charge in [0.05, 0.1) is 12.6 Å². The molecule has 0 aliphatic rings. The Hall–Kier alpha value is -3.09. The zero-order valence-corrected chi connectivity index (χ0v) is 16.3. The van der Waals surface area contributed by atoms with Gasteiger partial charge in [0.25, 0.3) is 5.56 Å². The average Bonchev–Trinajstić information content (AvgIpc) is 2.97. The van der Waals surface area contributed by atoms with Crippen molar-refractivity contribution in [2.45, 2.75) is 39.5 Å². The fraction of sp³-hybridized carbons (Fsp3) is 0.273. The van der Waals surface area contributed by atoms with E-state index >= 15 is 0 Å². The summed E-state index contributed by atoms with van der Waals surface area (Å²) in [6.07, 6.45) is -3.56. The molecule has 2 aromatic heterocycles. The topological polar surface area (TPSA) is 44.0 Å². The lowest BCUT2D eigenvalue weighted by atomic mass is 10.1. The summed E-state index contributed by atoms with van der Waals surface area (Å²) in [6, 6.07) is 13.3. The summed E-state index contributed by atoms with van der Waals surface area (Å²) >= 11 is 0. The quantitative estimate of drug-likeness (QED) is 0.577. The van der Waals surface area contributed by atoms with Gasteiger partial charge in [-0.05, 0) is 44.5 Å². The van der Waals surface area contributed by atoms with E-state index in [0.29, 0.717) is 11.3 Å². The summed E-state index contributed by atoms with van der Waals surface area (Å²) in [5, 5.41) is 0.